The number of hydrogen-bond donors (Lipinski definition) is 1. The van der Waals surface area contributed by atoms with Gasteiger partial charge in [0.25, 0.3) is 11.8 Å². The molecule has 0 atom stereocenters. The second-order valence-electron chi connectivity index (χ2n) is 7.33. The molecule has 0 unspecified atom stereocenters. The predicted molar refractivity (Wildman–Crippen MR) is 123 cm³/mol. The van der Waals surface area contributed by atoms with Gasteiger partial charge in [0.2, 0.25) is 0 Å². The lowest BCUT2D eigenvalue weighted by Crippen LogP contribution is -2.30. The number of rotatable bonds is 7. The van der Waals surface area contributed by atoms with Gasteiger partial charge in [-0.15, -0.1) is 0 Å². The Kier molecular flexibility index (Phi) is 6.80. The third kappa shape index (κ3) is 4.63. The number of aromatic nitrogens is 1. The number of ether oxygens (including phenoxy) is 1. The third-order valence-electron chi connectivity index (χ3n) is 5.42. The smallest absolute Gasteiger partial charge is 0.257 e. The summed E-state index contributed by atoms with van der Waals surface area (Å²) in [5, 5.41) is 2.94. The van der Waals surface area contributed by atoms with Crippen LogP contribution in [0.2, 0.25) is 0 Å². The van der Waals surface area contributed by atoms with E-state index in [1.807, 2.05) is 62.6 Å². The van der Waals surface area contributed by atoms with Crippen molar-refractivity contribution in [3.8, 4) is 11.4 Å². The number of aryl methyl sites for hydroxylation is 1. The van der Waals surface area contributed by atoms with E-state index in [0.717, 1.165) is 22.8 Å². The number of hydrogen-bond acceptors (Lipinski definition) is 3. The summed E-state index contributed by atoms with van der Waals surface area (Å²) in [5.74, 6) is 0.530. The number of amides is 2. The second kappa shape index (κ2) is 9.51. The van der Waals surface area contributed by atoms with Crippen molar-refractivity contribution in [1.82, 2.24) is 9.47 Å². The van der Waals surface area contributed by atoms with Crippen LogP contribution in [-0.2, 0) is 0 Å². The summed E-state index contributed by atoms with van der Waals surface area (Å²) in [4.78, 5) is 27.4. The number of anilines is 1. The first kappa shape index (κ1) is 22.2. The Morgan fingerprint density at radius 2 is 1.68 bits per heavy atom. The lowest BCUT2D eigenvalue weighted by atomic mass is 10.1. The number of benzene rings is 2. The van der Waals surface area contributed by atoms with E-state index >= 15 is 0 Å². The Hall–Kier alpha value is -3.54. The van der Waals surface area contributed by atoms with Gasteiger partial charge >= 0.3 is 0 Å². The van der Waals surface area contributed by atoms with Crippen LogP contribution < -0.4 is 10.1 Å². The quantitative estimate of drug-likeness (QED) is 0.596. The van der Waals surface area contributed by atoms with Gasteiger partial charge in [-0.2, -0.15) is 0 Å². The maximum absolute atomic E-state index is 13.0. The Bertz CT molecular complexity index is 1080. The van der Waals surface area contributed by atoms with Crippen molar-refractivity contribution in [2.45, 2.75) is 27.7 Å². The van der Waals surface area contributed by atoms with Crippen LogP contribution in [0.4, 0.5) is 5.69 Å². The van der Waals surface area contributed by atoms with E-state index in [1.54, 1.807) is 36.3 Å². The summed E-state index contributed by atoms with van der Waals surface area (Å²) in [7, 11) is 1.63. The summed E-state index contributed by atoms with van der Waals surface area (Å²) in [5.41, 5.74) is 4.51. The zero-order valence-electron chi connectivity index (χ0n) is 18.7. The molecule has 1 N–H and O–H groups in total. The van der Waals surface area contributed by atoms with E-state index in [9.17, 15) is 9.59 Å². The predicted octanol–water partition coefficient (Wildman–Crippen LogP) is 4.84. The zero-order valence-corrected chi connectivity index (χ0v) is 18.7. The molecular weight excluding hydrogens is 390 g/mol. The summed E-state index contributed by atoms with van der Waals surface area (Å²) >= 11 is 0. The molecule has 162 valence electrons. The van der Waals surface area contributed by atoms with Crippen molar-refractivity contribution in [2.24, 2.45) is 0 Å². The normalized spacial score (nSPS) is 10.6. The molecule has 0 aliphatic heterocycles. The maximum atomic E-state index is 13.0. The Morgan fingerprint density at radius 1 is 1.00 bits per heavy atom. The first-order valence-corrected chi connectivity index (χ1v) is 10.4. The average molecular weight is 420 g/mol. The maximum Gasteiger partial charge on any atom is 0.257 e. The fraction of sp³-hybridized carbons (Fsp3) is 0.280. The number of carbonyl (C=O) groups is 2. The van der Waals surface area contributed by atoms with E-state index in [2.05, 4.69) is 5.32 Å². The molecule has 0 spiro atoms. The van der Waals surface area contributed by atoms with Crippen LogP contribution in [0, 0.1) is 13.8 Å². The van der Waals surface area contributed by atoms with Gasteiger partial charge in [-0.1, -0.05) is 6.07 Å². The van der Waals surface area contributed by atoms with E-state index in [4.69, 9.17) is 4.74 Å². The van der Waals surface area contributed by atoms with Crippen LogP contribution in [0.15, 0.2) is 54.6 Å². The van der Waals surface area contributed by atoms with Crippen LogP contribution in [-0.4, -0.2) is 41.5 Å². The Labute approximate surface area is 183 Å². The monoisotopic (exact) mass is 419 g/mol. The van der Waals surface area contributed by atoms with Crippen LogP contribution in [0.25, 0.3) is 5.69 Å². The molecule has 2 aromatic carbocycles. The summed E-state index contributed by atoms with van der Waals surface area (Å²) in [6.07, 6.45) is 0. The summed E-state index contributed by atoms with van der Waals surface area (Å²) < 4.78 is 7.27. The van der Waals surface area contributed by atoms with E-state index in [1.165, 1.54) is 0 Å². The van der Waals surface area contributed by atoms with Crippen LogP contribution in [0.5, 0.6) is 5.75 Å². The third-order valence-corrected chi connectivity index (χ3v) is 5.42. The van der Waals surface area contributed by atoms with Crippen molar-refractivity contribution in [3.63, 3.8) is 0 Å². The molecule has 6 nitrogen and oxygen atoms in total. The van der Waals surface area contributed by atoms with Gasteiger partial charge in [0.15, 0.2) is 0 Å². The lowest BCUT2D eigenvalue weighted by molar-refractivity contribution is 0.0772. The lowest BCUT2D eigenvalue weighted by Gasteiger charge is -2.19. The largest absolute Gasteiger partial charge is 0.497 e. The minimum Gasteiger partial charge on any atom is -0.497 e. The van der Waals surface area contributed by atoms with Crippen LogP contribution >= 0.6 is 0 Å². The molecule has 0 saturated heterocycles. The number of carbonyl (C=O) groups excluding carboxylic acids is 2. The van der Waals surface area contributed by atoms with Crippen molar-refractivity contribution in [3.05, 3.63) is 77.1 Å². The number of nitrogens with one attached hydrogen (secondary N) is 1. The summed E-state index contributed by atoms with van der Waals surface area (Å²) in [6, 6.07) is 16.7. The molecular formula is C25H29N3O3. The Balaban J connectivity index is 1.84. The highest BCUT2D eigenvalue weighted by molar-refractivity contribution is 6.06. The zero-order chi connectivity index (χ0) is 22.5. The standard InChI is InChI=1S/C25H29N3O3/c1-6-27(7-2)25(30)19-9-8-10-20(16-19)26-24(29)23-15-17(3)28(18(23)4)21-11-13-22(31-5)14-12-21/h8-16H,6-7H2,1-5H3,(H,26,29). The molecule has 0 saturated carbocycles. The van der Waals surface area contributed by atoms with E-state index < -0.39 is 0 Å². The molecule has 0 radical (unpaired) electrons. The van der Waals surface area contributed by atoms with Crippen molar-refractivity contribution in [2.75, 3.05) is 25.5 Å². The fourth-order valence-corrected chi connectivity index (χ4v) is 3.74. The first-order chi connectivity index (χ1) is 14.9. The fourth-order valence-electron chi connectivity index (χ4n) is 3.74. The molecule has 2 amide bonds. The second-order valence-corrected chi connectivity index (χ2v) is 7.33. The van der Waals surface area contributed by atoms with Crippen molar-refractivity contribution < 1.29 is 14.3 Å². The van der Waals surface area contributed by atoms with Gasteiger partial charge < -0.3 is 19.5 Å². The van der Waals surface area contributed by atoms with Crippen LogP contribution in [0.1, 0.15) is 46.0 Å². The molecule has 3 aromatic rings. The molecule has 1 heterocycles. The number of methoxy groups -OCH3 is 1. The van der Waals surface area contributed by atoms with Gasteiger partial charge in [0.1, 0.15) is 5.75 Å². The molecule has 0 fully saturated rings. The Morgan fingerprint density at radius 3 is 2.29 bits per heavy atom. The highest BCUT2D eigenvalue weighted by Gasteiger charge is 2.18. The van der Waals surface area contributed by atoms with Crippen LogP contribution in [0.3, 0.4) is 0 Å². The van der Waals surface area contributed by atoms with Gasteiger partial charge in [0, 0.05) is 41.4 Å². The topological polar surface area (TPSA) is 63.6 Å². The van der Waals surface area contributed by atoms with Gasteiger partial charge in [-0.3, -0.25) is 9.59 Å². The van der Waals surface area contributed by atoms with E-state index in [0.29, 0.717) is 29.9 Å². The summed E-state index contributed by atoms with van der Waals surface area (Å²) in [6.45, 7) is 9.08. The molecule has 0 bridgehead atoms. The van der Waals surface area contributed by atoms with Gasteiger partial charge in [-0.05, 0) is 76.2 Å². The average Bonchev–Trinajstić information content (AvgIpc) is 3.08. The molecule has 6 heteroatoms. The van der Waals surface area contributed by atoms with Crippen molar-refractivity contribution in [1.29, 1.82) is 0 Å². The number of nitrogens with zero attached hydrogens (tertiary/aromatic N) is 2. The van der Waals surface area contributed by atoms with E-state index in [-0.39, 0.29) is 11.8 Å². The van der Waals surface area contributed by atoms with Gasteiger partial charge in [-0.25, -0.2) is 0 Å². The highest BCUT2D eigenvalue weighted by atomic mass is 16.5. The molecule has 31 heavy (non-hydrogen) atoms. The molecule has 3 rings (SSSR count). The molecule has 0 aliphatic rings. The minimum absolute atomic E-state index is 0.0428. The highest BCUT2D eigenvalue weighted by Crippen LogP contribution is 2.24. The minimum atomic E-state index is -0.208. The molecule has 0 aliphatic carbocycles. The molecule has 1 aromatic heterocycles. The SMILES string of the molecule is CCN(CC)C(=O)c1cccc(NC(=O)c2cc(C)n(-c3ccc(OC)cc3)c2C)c1. The van der Waals surface area contributed by atoms with Gasteiger partial charge in [0.05, 0.1) is 12.7 Å². The first-order valence-electron chi connectivity index (χ1n) is 10.4. The van der Waals surface area contributed by atoms with Crippen molar-refractivity contribution >= 4 is 17.5 Å².